The molecule has 0 radical (unpaired) electrons. The average molecular weight is 367 g/mol. The first-order valence-corrected chi connectivity index (χ1v) is 8.33. The Labute approximate surface area is 152 Å². The average Bonchev–Trinajstić information content (AvgIpc) is 2.55. The zero-order valence-corrected chi connectivity index (χ0v) is 15.2. The highest BCUT2D eigenvalue weighted by Crippen LogP contribution is 2.30. The van der Waals surface area contributed by atoms with E-state index in [0.717, 1.165) is 25.3 Å². The summed E-state index contributed by atoms with van der Waals surface area (Å²) in [6.45, 7) is 1.83. The van der Waals surface area contributed by atoms with Crippen LogP contribution >= 0.6 is 23.2 Å². The van der Waals surface area contributed by atoms with Gasteiger partial charge in [-0.3, -0.25) is 4.79 Å². The molecule has 1 amide bonds. The van der Waals surface area contributed by atoms with Crippen molar-refractivity contribution in [3.63, 3.8) is 0 Å². The van der Waals surface area contributed by atoms with E-state index < -0.39 is 0 Å². The Hall–Kier alpha value is -1.82. The third-order valence-corrected chi connectivity index (χ3v) is 3.95. The molecule has 0 fully saturated rings. The monoisotopic (exact) mass is 366 g/mol. The number of halogens is 2. The predicted octanol–water partition coefficient (Wildman–Crippen LogP) is 4.00. The van der Waals surface area contributed by atoms with Crippen LogP contribution in [0.4, 0.5) is 11.5 Å². The number of anilines is 2. The van der Waals surface area contributed by atoms with Gasteiger partial charge >= 0.3 is 0 Å². The van der Waals surface area contributed by atoms with Crippen molar-refractivity contribution in [1.82, 2.24) is 9.88 Å². The van der Waals surface area contributed by atoms with Gasteiger partial charge in [-0.25, -0.2) is 4.98 Å². The van der Waals surface area contributed by atoms with E-state index in [0.29, 0.717) is 21.3 Å². The molecule has 7 heteroatoms. The second-order valence-electron chi connectivity index (χ2n) is 5.57. The maximum Gasteiger partial charge on any atom is 0.257 e. The fourth-order valence-corrected chi connectivity index (χ4v) is 2.54. The van der Waals surface area contributed by atoms with Gasteiger partial charge in [0.05, 0.1) is 21.3 Å². The highest BCUT2D eigenvalue weighted by atomic mass is 35.5. The van der Waals surface area contributed by atoms with Crippen molar-refractivity contribution < 1.29 is 4.79 Å². The first-order chi connectivity index (χ1) is 11.5. The van der Waals surface area contributed by atoms with Crippen molar-refractivity contribution >= 4 is 40.6 Å². The summed E-state index contributed by atoms with van der Waals surface area (Å²) in [5.41, 5.74) is 0.835. The van der Waals surface area contributed by atoms with Crippen molar-refractivity contribution in [2.75, 3.05) is 37.8 Å². The van der Waals surface area contributed by atoms with Crippen LogP contribution in [0.5, 0.6) is 0 Å². The number of nitrogens with one attached hydrogen (secondary N) is 2. The number of nitrogens with zero attached hydrogens (tertiary/aromatic N) is 2. The van der Waals surface area contributed by atoms with Gasteiger partial charge in [0.2, 0.25) is 0 Å². The van der Waals surface area contributed by atoms with Crippen LogP contribution in [0.1, 0.15) is 16.8 Å². The molecule has 0 atom stereocenters. The number of hydrogen-bond donors (Lipinski definition) is 2. The van der Waals surface area contributed by atoms with Gasteiger partial charge in [0.1, 0.15) is 5.82 Å². The van der Waals surface area contributed by atoms with Crippen molar-refractivity contribution in [2.45, 2.75) is 6.42 Å². The number of carbonyl (C=O) groups is 1. The second-order valence-corrected chi connectivity index (χ2v) is 6.38. The molecule has 0 aliphatic rings. The molecule has 0 saturated carbocycles. The Bertz CT molecular complexity index is 669. The Morgan fingerprint density at radius 2 is 1.88 bits per heavy atom. The van der Waals surface area contributed by atoms with Gasteiger partial charge in [-0.2, -0.15) is 0 Å². The minimum absolute atomic E-state index is 0.309. The van der Waals surface area contributed by atoms with Crippen LogP contribution in [0.15, 0.2) is 36.5 Å². The molecular weight excluding hydrogens is 347 g/mol. The lowest BCUT2D eigenvalue weighted by Gasteiger charge is -2.11. The first kappa shape index (κ1) is 18.5. The smallest absolute Gasteiger partial charge is 0.257 e. The third-order valence-electron chi connectivity index (χ3n) is 3.32. The lowest BCUT2D eigenvalue weighted by atomic mass is 10.2. The Morgan fingerprint density at radius 3 is 2.46 bits per heavy atom. The molecule has 0 aliphatic carbocycles. The summed E-state index contributed by atoms with van der Waals surface area (Å²) < 4.78 is 0. The van der Waals surface area contributed by atoms with E-state index in [-0.39, 0.29) is 5.91 Å². The largest absolute Gasteiger partial charge is 0.370 e. The zero-order valence-electron chi connectivity index (χ0n) is 13.6. The minimum atomic E-state index is -0.309. The number of benzene rings is 1. The number of aromatic nitrogens is 1. The maximum absolute atomic E-state index is 12.3. The number of hydrogen-bond acceptors (Lipinski definition) is 4. The lowest BCUT2D eigenvalue weighted by Crippen LogP contribution is -2.17. The summed E-state index contributed by atoms with van der Waals surface area (Å²) in [6, 6.07) is 8.54. The van der Waals surface area contributed by atoms with E-state index in [1.54, 1.807) is 30.3 Å². The summed E-state index contributed by atoms with van der Waals surface area (Å²) in [5, 5.41) is 6.72. The normalized spacial score (nSPS) is 10.7. The number of para-hydroxylation sites is 1. The standard InChI is InChI=1S/C17H20Cl2N4O/c1-23(2)10-4-9-20-15-8-7-12(11-21-15)17(24)22-16-13(18)5-3-6-14(16)19/h3,5-8,11H,4,9-10H2,1-2H3,(H,20,21)(H,22,24). The van der Waals surface area contributed by atoms with Crippen molar-refractivity contribution in [3.05, 3.63) is 52.1 Å². The van der Waals surface area contributed by atoms with Gasteiger partial charge in [-0.05, 0) is 51.3 Å². The van der Waals surface area contributed by atoms with Crippen LogP contribution in [0.2, 0.25) is 10.0 Å². The number of rotatable bonds is 7. The molecule has 0 aliphatic heterocycles. The van der Waals surface area contributed by atoms with Gasteiger partial charge in [-0.15, -0.1) is 0 Å². The maximum atomic E-state index is 12.3. The van der Waals surface area contributed by atoms with Crippen LogP contribution < -0.4 is 10.6 Å². The highest BCUT2D eigenvalue weighted by molar-refractivity contribution is 6.40. The van der Waals surface area contributed by atoms with E-state index in [9.17, 15) is 4.79 Å². The fourth-order valence-electron chi connectivity index (χ4n) is 2.05. The van der Waals surface area contributed by atoms with Gasteiger partial charge in [0.15, 0.2) is 0 Å². The lowest BCUT2D eigenvalue weighted by molar-refractivity contribution is 0.102. The van der Waals surface area contributed by atoms with Gasteiger partial charge in [0.25, 0.3) is 5.91 Å². The molecule has 5 nitrogen and oxygen atoms in total. The topological polar surface area (TPSA) is 57.3 Å². The van der Waals surface area contributed by atoms with Crippen LogP contribution in [-0.2, 0) is 0 Å². The van der Waals surface area contributed by atoms with Crippen molar-refractivity contribution in [1.29, 1.82) is 0 Å². The van der Waals surface area contributed by atoms with Crippen LogP contribution in [0, 0.1) is 0 Å². The molecule has 2 rings (SSSR count). The summed E-state index contributed by atoms with van der Waals surface area (Å²) >= 11 is 12.1. The van der Waals surface area contributed by atoms with Crippen LogP contribution in [0.25, 0.3) is 0 Å². The number of carbonyl (C=O) groups excluding carboxylic acids is 1. The van der Waals surface area contributed by atoms with Gasteiger partial charge in [-0.1, -0.05) is 29.3 Å². The molecule has 1 heterocycles. The molecule has 2 aromatic rings. The zero-order chi connectivity index (χ0) is 17.5. The van der Waals surface area contributed by atoms with Crippen molar-refractivity contribution in [3.8, 4) is 0 Å². The van der Waals surface area contributed by atoms with E-state index in [4.69, 9.17) is 23.2 Å². The molecule has 24 heavy (non-hydrogen) atoms. The minimum Gasteiger partial charge on any atom is -0.370 e. The van der Waals surface area contributed by atoms with E-state index in [1.807, 2.05) is 14.1 Å². The molecule has 0 bridgehead atoms. The fraction of sp³-hybridized carbons (Fsp3) is 0.294. The molecule has 0 spiro atoms. The predicted molar refractivity (Wildman–Crippen MR) is 100 cm³/mol. The highest BCUT2D eigenvalue weighted by Gasteiger charge is 2.11. The first-order valence-electron chi connectivity index (χ1n) is 7.57. The third kappa shape index (κ3) is 5.37. The Morgan fingerprint density at radius 1 is 1.17 bits per heavy atom. The summed E-state index contributed by atoms with van der Waals surface area (Å²) in [6.07, 6.45) is 2.54. The van der Waals surface area contributed by atoms with Gasteiger partial charge in [0, 0.05) is 12.7 Å². The summed E-state index contributed by atoms with van der Waals surface area (Å²) in [4.78, 5) is 18.6. The second kappa shape index (κ2) is 8.87. The molecular formula is C17H20Cl2N4O. The number of pyridine rings is 1. The molecule has 1 aromatic heterocycles. The quantitative estimate of drug-likeness (QED) is 0.727. The van der Waals surface area contributed by atoms with Gasteiger partial charge < -0.3 is 15.5 Å². The van der Waals surface area contributed by atoms with E-state index in [1.165, 1.54) is 6.20 Å². The molecule has 0 saturated heterocycles. The summed E-state index contributed by atoms with van der Waals surface area (Å²) in [7, 11) is 4.08. The van der Waals surface area contributed by atoms with Crippen molar-refractivity contribution in [2.24, 2.45) is 0 Å². The number of amides is 1. The Kier molecular flexibility index (Phi) is 6.85. The van der Waals surface area contributed by atoms with E-state index in [2.05, 4.69) is 20.5 Å². The molecule has 1 aromatic carbocycles. The van der Waals surface area contributed by atoms with E-state index >= 15 is 0 Å². The molecule has 2 N–H and O–H groups in total. The van der Waals surface area contributed by atoms with Crippen LogP contribution in [-0.4, -0.2) is 43.0 Å². The summed E-state index contributed by atoms with van der Waals surface area (Å²) in [5.74, 6) is 0.428. The van der Waals surface area contributed by atoms with Crippen LogP contribution in [0.3, 0.4) is 0 Å². The molecule has 0 unspecified atom stereocenters. The Balaban J connectivity index is 1.94. The SMILES string of the molecule is CN(C)CCCNc1ccc(C(=O)Nc2c(Cl)cccc2Cl)cn1. The molecule has 128 valence electrons.